The fourth-order valence-corrected chi connectivity index (χ4v) is 2.55. The van der Waals surface area contributed by atoms with Crippen molar-refractivity contribution in [2.75, 3.05) is 0 Å². The van der Waals surface area contributed by atoms with Crippen molar-refractivity contribution >= 4 is 5.91 Å². The van der Waals surface area contributed by atoms with Gasteiger partial charge in [0.05, 0.1) is 0 Å². The highest BCUT2D eigenvalue weighted by molar-refractivity contribution is 5.94. The van der Waals surface area contributed by atoms with Crippen LogP contribution in [-0.4, -0.2) is 11.9 Å². The van der Waals surface area contributed by atoms with Crippen molar-refractivity contribution < 1.29 is 4.79 Å². The number of carbonyl (C=O) groups excluding carboxylic acids is 1. The Kier molecular flexibility index (Phi) is 4.18. The summed E-state index contributed by atoms with van der Waals surface area (Å²) < 4.78 is 0. The molecule has 1 amide bonds. The van der Waals surface area contributed by atoms with Crippen molar-refractivity contribution in [3.63, 3.8) is 0 Å². The molecular formula is C15H21NO. The first-order valence-corrected chi connectivity index (χ1v) is 6.63. The van der Waals surface area contributed by atoms with Gasteiger partial charge in [0.25, 0.3) is 5.91 Å². The van der Waals surface area contributed by atoms with E-state index >= 15 is 0 Å². The van der Waals surface area contributed by atoms with Gasteiger partial charge in [0.15, 0.2) is 0 Å². The predicted molar refractivity (Wildman–Crippen MR) is 69.9 cm³/mol. The Balaban J connectivity index is 1.98. The smallest absolute Gasteiger partial charge is 0.251 e. The van der Waals surface area contributed by atoms with Gasteiger partial charge in [-0.25, -0.2) is 0 Å². The molecule has 2 rings (SSSR count). The third-order valence-electron chi connectivity index (χ3n) is 3.71. The second-order valence-corrected chi connectivity index (χ2v) is 5.06. The summed E-state index contributed by atoms with van der Waals surface area (Å²) in [6.45, 7) is 2.25. The molecule has 92 valence electrons. The van der Waals surface area contributed by atoms with Gasteiger partial charge in [0, 0.05) is 11.6 Å². The third-order valence-corrected chi connectivity index (χ3v) is 3.71. The highest BCUT2D eigenvalue weighted by atomic mass is 16.1. The van der Waals surface area contributed by atoms with Gasteiger partial charge >= 0.3 is 0 Å². The van der Waals surface area contributed by atoms with Crippen LogP contribution in [0.5, 0.6) is 0 Å². The zero-order valence-corrected chi connectivity index (χ0v) is 10.5. The first-order chi connectivity index (χ1) is 8.27. The van der Waals surface area contributed by atoms with Gasteiger partial charge in [0.2, 0.25) is 0 Å². The molecule has 0 aromatic heterocycles. The summed E-state index contributed by atoms with van der Waals surface area (Å²) in [4.78, 5) is 12.1. The fraction of sp³-hybridized carbons (Fsp3) is 0.533. The fourth-order valence-electron chi connectivity index (χ4n) is 2.55. The molecule has 17 heavy (non-hydrogen) atoms. The van der Waals surface area contributed by atoms with Crippen LogP contribution >= 0.6 is 0 Å². The van der Waals surface area contributed by atoms with E-state index in [-0.39, 0.29) is 5.91 Å². The number of benzene rings is 1. The summed E-state index contributed by atoms with van der Waals surface area (Å²) >= 11 is 0. The number of hydrogen-bond acceptors (Lipinski definition) is 1. The Morgan fingerprint density at radius 2 is 1.82 bits per heavy atom. The first kappa shape index (κ1) is 12.2. The molecule has 1 aromatic carbocycles. The van der Waals surface area contributed by atoms with E-state index in [1.165, 1.54) is 25.7 Å². The normalized spacial score (nSPS) is 25.0. The molecule has 1 N–H and O–H groups in total. The van der Waals surface area contributed by atoms with Crippen LogP contribution < -0.4 is 5.32 Å². The number of rotatable bonds is 2. The average molecular weight is 231 g/mol. The molecule has 2 atom stereocenters. The Labute approximate surface area is 103 Å². The molecule has 0 bridgehead atoms. The molecule has 0 radical (unpaired) electrons. The average Bonchev–Trinajstić information content (AvgIpc) is 2.56. The predicted octanol–water partition coefficient (Wildman–Crippen LogP) is 3.39. The summed E-state index contributed by atoms with van der Waals surface area (Å²) in [5, 5.41) is 3.19. The quantitative estimate of drug-likeness (QED) is 0.777. The van der Waals surface area contributed by atoms with Crippen molar-refractivity contribution in [1.29, 1.82) is 0 Å². The molecule has 2 nitrogen and oxygen atoms in total. The number of amides is 1. The molecule has 0 spiro atoms. The monoisotopic (exact) mass is 231 g/mol. The summed E-state index contributed by atoms with van der Waals surface area (Å²) in [6.07, 6.45) is 6.21. The Morgan fingerprint density at radius 1 is 1.12 bits per heavy atom. The molecule has 1 fully saturated rings. The summed E-state index contributed by atoms with van der Waals surface area (Å²) in [5.74, 6) is 0.675. The minimum atomic E-state index is 0.0735. The molecule has 0 saturated heterocycles. The van der Waals surface area contributed by atoms with Crippen molar-refractivity contribution in [2.45, 2.75) is 45.1 Å². The second-order valence-electron chi connectivity index (χ2n) is 5.06. The second kappa shape index (κ2) is 5.85. The minimum absolute atomic E-state index is 0.0735. The third kappa shape index (κ3) is 3.32. The van der Waals surface area contributed by atoms with Gasteiger partial charge in [-0.15, -0.1) is 0 Å². The van der Waals surface area contributed by atoms with Gasteiger partial charge in [-0.2, -0.15) is 0 Å². The maximum atomic E-state index is 12.1. The van der Waals surface area contributed by atoms with Crippen LogP contribution in [0.2, 0.25) is 0 Å². The van der Waals surface area contributed by atoms with Gasteiger partial charge < -0.3 is 5.32 Å². The van der Waals surface area contributed by atoms with Crippen molar-refractivity contribution in [1.82, 2.24) is 5.32 Å². The topological polar surface area (TPSA) is 29.1 Å². The molecule has 1 aromatic rings. The number of hydrogen-bond donors (Lipinski definition) is 1. The Bertz CT molecular complexity index is 360. The summed E-state index contributed by atoms with van der Waals surface area (Å²) in [6, 6.07) is 9.85. The molecular weight excluding hydrogens is 210 g/mol. The minimum Gasteiger partial charge on any atom is -0.349 e. The van der Waals surface area contributed by atoms with Crippen molar-refractivity contribution in [3.8, 4) is 0 Å². The van der Waals surface area contributed by atoms with E-state index in [1.807, 2.05) is 30.3 Å². The van der Waals surface area contributed by atoms with Crippen molar-refractivity contribution in [2.24, 2.45) is 5.92 Å². The van der Waals surface area contributed by atoms with Crippen LogP contribution in [-0.2, 0) is 0 Å². The van der Waals surface area contributed by atoms with E-state index in [4.69, 9.17) is 0 Å². The Morgan fingerprint density at radius 3 is 2.59 bits per heavy atom. The lowest BCUT2D eigenvalue weighted by Gasteiger charge is -2.22. The highest BCUT2D eigenvalue weighted by Gasteiger charge is 2.21. The van der Waals surface area contributed by atoms with Crippen LogP contribution in [0.25, 0.3) is 0 Å². The SMILES string of the molecule is CC1CCCCCC1NC(=O)c1ccccc1. The molecule has 0 aliphatic heterocycles. The van der Waals surface area contributed by atoms with Crippen LogP contribution in [0.1, 0.15) is 49.4 Å². The molecule has 0 heterocycles. The van der Waals surface area contributed by atoms with E-state index in [9.17, 15) is 4.79 Å². The first-order valence-electron chi connectivity index (χ1n) is 6.63. The molecule has 2 unspecified atom stereocenters. The summed E-state index contributed by atoms with van der Waals surface area (Å²) in [7, 11) is 0. The van der Waals surface area contributed by atoms with Crippen LogP contribution in [0.15, 0.2) is 30.3 Å². The number of carbonyl (C=O) groups is 1. The van der Waals surface area contributed by atoms with Crippen LogP contribution in [0.3, 0.4) is 0 Å². The standard InChI is InChI=1S/C15H21NO/c1-12-8-4-2-7-11-14(12)16-15(17)13-9-5-3-6-10-13/h3,5-6,9-10,12,14H,2,4,7-8,11H2,1H3,(H,16,17). The molecule has 1 aliphatic carbocycles. The van der Waals surface area contributed by atoms with Crippen LogP contribution in [0, 0.1) is 5.92 Å². The van der Waals surface area contributed by atoms with E-state index in [0.717, 1.165) is 12.0 Å². The lowest BCUT2D eigenvalue weighted by Crippen LogP contribution is -2.38. The van der Waals surface area contributed by atoms with E-state index < -0.39 is 0 Å². The molecule has 1 saturated carbocycles. The lowest BCUT2D eigenvalue weighted by molar-refractivity contribution is 0.0921. The zero-order chi connectivity index (χ0) is 12.1. The van der Waals surface area contributed by atoms with E-state index in [0.29, 0.717) is 12.0 Å². The largest absolute Gasteiger partial charge is 0.349 e. The highest BCUT2D eigenvalue weighted by Crippen LogP contribution is 2.23. The Hall–Kier alpha value is -1.31. The van der Waals surface area contributed by atoms with E-state index in [1.54, 1.807) is 0 Å². The summed E-state index contributed by atoms with van der Waals surface area (Å²) in [5.41, 5.74) is 0.768. The van der Waals surface area contributed by atoms with Gasteiger partial charge in [-0.1, -0.05) is 44.4 Å². The maximum Gasteiger partial charge on any atom is 0.251 e. The number of nitrogens with one attached hydrogen (secondary N) is 1. The lowest BCUT2D eigenvalue weighted by atomic mass is 9.96. The maximum absolute atomic E-state index is 12.1. The van der Waals surface area contributed by atoms with Gasteiger partial charge in [0.1, 0.15) is 0 Å². The van der Waals surface area contributed by atoms with Crippen LogP contribution in [0.4, 0.5) is 0 Å². The zero-order valence-electron chi connectivity index (χ0n) is 10.5. The van der Waals surface area contributed by atoms with E-state index in [2.05, 4.69) is 12.2 Å². The molecule has 1 aliphatic rings. The van der Waals surface area contributed by atoms with Gasteiger partial charge in [-0.05, 0) is 30.9 Å². The molecule has 2 heteroatoms. The van der Waals surface area contributed by atoms with Crippen molar-refractivity contribution in [3.05, 3.63) is 35.9 Å². The van der Waals surface area contributed by atoms with Gasteiger partial charge in [-0.3, -0.25) is 4.79 Å².